The number of carbonyl (C=O) groups is 2. The second kappa shape index (κ2) is 18.9. The summed E-state index contributed by atoms with van der Waals surface area (Å²) in [6, 6.07) is 43.1. The number of esters is 2. The fraction of sp³-hybridized carbons (Fsp3) is 0.269. The first-order valence-corrected chi connectivity index (χ1v) is 20.4. The van der Waals surface area contributed by atoms with Crippen molar-refractivity contribution in [3.05, 3.63) is 166 Å². The molecular formula is C52H56N2O4. The maximum absolute atomic E-state index is 12.0. The third-order valence-electron chi connectivity index (χ3n) is 10.8. The summed E-state index contributed by atoms with van der Waals surface area (Å²) in [6.07, 6.45) is 2.41. The van der Waals surface area contributed by atoms with Gasteiger partial charge in [0.25, 0.3) is 0 Å². The van der Waals surface area contributed by atoms with Crippen LogP contribution in [-0.2, 0) is 32.3 Å². The first-order valence-electron chi connectivity index (χ1n) is 20.4. The van der Waals surface area contributed by atoms with Crippen molar-refractivity contribution in [3.63, 3.8) is 0 Å². The predicted molar refractivity (Wildman–Crippen MR) is 239 cm³/mol. The molecule has 0 unspecified atom stereocenters. The summed E-state index contributed by atoms with van der Waals surface area (Å²) in [5.41, 5.74) is 17.8. The van der Waals surface area contributed by atoms with Crippen LogP contribution in [0.3, 0.4) is 0 Å². The molecule has 6 aromatic rings. The van der Waals surface area contributed by atoms with E-state index in [1.54, 1.807) is 0 Å². The Kier molecular flexibility index (Phi) is 13.5. The minimum atomic E-state index is -0.169. The van der Waals surface area contributed by atoms with E-state index in [1.165, 1.54) is 22.3 Å². The molecule has 0 aliphatic carbocycles. The zero-order valence-corrected chi connectivity index (χ0v) is 35.3. The molecule has 0 radical (unpaired) electrons. The Morgan fingerprint density at radius 3 is 1.10 bits per heavy atom. The van der Waals surface area contributed by atoms with E-state index in [1.807, 2.05) is 38.1 Å². The van der Waals surface area contributed by atoms with Crippen LogP contribution in [0.25, 0.3) is 11.1 Å². The van der Waals surface area contributed by atoms with Gasteiger partial charge in [0.1, 0.15) is 13.2 Å². The molecule has 0 aliphatic rings. The lowest BCUT2D eigenvalue weighted by Crippen LogP contribution is -2.12. The predicted octanol–water partition coefficient (Wildman–Crippen LogP) is 13.8. The number of benzene rings is 6. The Morgan fingerprint density at radius 2 is 0.776 bits per heavy atom. The quantitative estimate of drug-likeness (QED) is 0.0969. The molecular weight excluding hydrogens is 717 g/mol. The van der Waals surface area contributed by atoms with Crippen molar-refractivity contribution in [2.75, 3.05) is 9.80 Å². The second-order valence-corrected chi connectivity index (χ2v) is 15.4. The monoisotopic (exact) mass is 772 g/mol. The molecule has 0 aliphatic heterocycles. The van der Waals surface area contributed by atoms with Crippen molar-refractivity contribution in [2.45, 2.75) is 94.3 Å². The Balaban J connectivity index is 1.32. The van der Waals surface area contributed by atoms with E-state index < -0.39 is 0 Å². The third-order valence-corrected chi connectivity index (χ3v) is 10.8. The van der Waals surface area contributed by atoms with Gasteiger partial charge in [-0.3, -0.25) is 9.59 Å². The van der Waals surface area contributed by atoms with E-state index in [2.05, 4.69) is 148 Å². The minimum Gasteiger partial charge on any atom is -0.461 e. The van der Waals surface area contributed by atoms with Gasteiger partial charge in [-0.25, -0.2) is 0 Å². The molecule has 0 saturated carbocycles. The Morgan fingerprint density at radius 1 is 0.414 bits per heavy atom. The van der Waals surface area contributed by atoms with Crippen LogP contribution in [-0.4, -0.2) is 11.9 Å². The molecule has 6 heteroatoms. The van der Waals surface area contributed by atoms with Crippen LogP contribution in [0.5, 0.6) is 0 Å². The van der Waals surface area contributed by atoms with E-state index in [-0.39, 0.29) is 25.2 Å². The highest BCUT2D eigenvalue weighted by Crippen LogP contribution is 2.41. The number of rotatable bonds is 15. The van der Waals surface area contributed by atoms with Crippen molar-refractivity contribution in [1.82, 2.24) is 0 Å². The highest BCUT2D eigenvalue weighted by molar-refractivity contribution is 5.84. The molecule has 0 aromatic heterocycles. The zero-order valence-electron chi connectivity index (χ0n) is 35.3. The molecule has 0 atom stereocenters. The number of hydrogen-bond acceptors (Lipinski definition) is 6. The normalized spacial score (nSPS) is 11.0. The lowest BCUT2D eigenvalue weighted by Gasteiger charge is -2.29. The lowest BCUT2D eigenvalue weighted by atomic mass is 9.98. The Labute approximate surface area is 345 Å². The van der Waals surface area contributed by atoms with Crippen molar-refractivity contribution < 1.29 is 19.1 Å². The molecule has 6 aromatic carbocycles. The van der Waals surface area contributed by atoms with Crippen molar-refractivity contribution in [2.24, 2.45) is 0 Å². The van der Waals surface area contributed by atoms with Gasteiger partial charge in [0.05, 0.1) is 0 Å². The van der Waals surface area contributed by atoms with Crippen molar-refractivity contribution >= 4 is 46.1 Å². The fourth-order valence-electron chi connectivity index (χ4n) is 7.12. The highest BCUT2D eigenvalue weighted by atomic mass is 16.5. The minimum absolute atomic E-state index is 0.169. The summed E-state index contributed by atoms with van der Waals surface area (Å²) in [7, 11) is 0. The summed E-state index contributed by atoms with van der Waals surface area (Å²) >= 11 is 0. The van der Waals surface area contributed by atoms with Crippen LogP contribution in [0, 0.1) is 41.5 Å². The zero-order chi connectivity index (χ0) is 41.3. The number of hydrogen-bond donors (Lipinski definition) is 0. The summed E-state index contributed by atoms with van der Waals surface area (Å²) < 4.78 is 11.0. The van der Waals surface area contributed by atoms with Crippen molar-refractivity contribution in [3.8, 4) is 11.1 Å². The molecule has 6 rings (SSSR count). The molecule has 0 amide bonds. The molecule has 0 spiro atoms. The van der Waals surface area contributed by atoms with Gasteiger partial charge in [-0.05, 0) is 183 Å². The van der Waals surface area contributed by atoms with E-state index in [4.69, 9.17) is 9.47 Å². The summed E-state index contributed by atoms with van der Waals surface area (Å²) in [5, 5.41) is 0. The van der Waals surface area contributed by atoms with Gasteiger partial charge < -0.3 is 19.3 Å². The SMILES string of the molecule is CCCC(=O)OCc1ccc(N(c2ccc(C)c(C)c2)c2ccc(-c3ccc(N(c4ccc(COC(=O)CCC)cc4)c4ccc(C)c(C)c4)c(C)c3)cc2C)cc1. The van der Waals surface area contributed by atoms with Crippen LogP contribution < -0.4 is 9.80 Å². The smallest absolute Gasteiger partial charge is 0.306 e. The molecule has 0 heterocycles. The molecule has 298 valence electrons. The molecule has 6 nitrogen and oxygen atoms in total. The van der Waals surface area contributed by atoms with E-state index in [0.29, 0.717) is 12.8 Å². The topological polar surface area (TPSA) is 59.1 Å². The van der Waals surface area contributed by atoms with E-state index in [0.717, 1.165) is 80.3 Å². The van der Waals surface area contributed by atoms with Crippen LogP contribution >= 0.6 is 0 Å². The Bertz CT molecular complexity index is 2210. The lowest BCUT2D eigenvalue weighted by molar-refractivity contribution is -0.145. The molecule has 0 fully saturated rings. The molecule has 0 bridgehead atoms. The number of anilines is 6. The van der Waals surface area contributed by atoms with Crippen LogP contribution in [0.15, 0.2) is 121 Å². The largest absolute Gasteiger partial charge is 0.461 e. The first-order chi connectivity index (χ1) is 27.9. The maximum atomic E-state index is 12.0. The number of carbonyl (C=O) groups excluding carboxylic acids is 2. The summed E-state index contributed by atoms with van der Waals surface area (Å²) in [5.74, 6) is -0.339. The number of ether oxygens (including phenoxy) is 2. The van der Waals surface area contributed by atoms with Gasteiger partial charge in [0.2, 0.25) is 0 Å². The molecule has 0 saturated heterocycles. The number of aryl methyl sites for hydroxylation is 6. The standard InChI is InChI=1S/C52H56N2O4/c1-9-11-51(55)57-33-41-15-23-45(24-16-41)53(47-21-13-35(3)37(5)31-47)49-27-19-43(29-39(49)7)44-20-28-50(40(8)30-44)54(48-22-14-36(4)38(6)32-48)46-25-17-42(18-26-46)34-58-52(56)12-10-2/h13-32H,9-12,33-34H2,1-8H3. The van der Waals surface area contributed by atoms with Crippen molar-refractivity contribution in [1.29, 1.82) is 0 Å². The van der Waals surface area contributed by atoms with Crippen LogP contribution in [0.2, 0.25) is 0 Å². The summed E-state index contributed by atoms with van der Waals surface area (Å²) in [6.45, 7) is 17.4. The van der Waals surface area contributed by atoms with Crippen LogP contribution in [0.4, 0.5) is 34.1 Å². The average molecular weight is 773 g/mol. The average Bonchev–Trinajstić information content (AvgIpc) is 3.21. The highest BCUT2D eigenvalue weighted by Gasteiger charge is 2.19. The van der Waals surface area contributed by atoms with Gasteiger partial charge >= 0.3 is 11.9 Å². The van der Waals surface area contributed by atoms with Gasteiger partial charge in [0, 0.05) is 47.0 Å². The maximum Gasteiger partial charge on any atom is 0.306 e. The summed E-state index contributed by atoms with van der Waals surface area (Å²) in [4.78, 5) is 28.6. The van der Waals surface area contributed by atoms with Crippen LogP contribution in [0.1, 0.15) is 84.0 Å². The van der Waals surface area contributed by atoms with E-state index >= 15 is 0 Å². The molecule has 0 N–H and O–H groups in total. The van der Waals surface area contributed by atoms with E-state index in [9.17, 15) is 9.59 Å². The fourth-order valence-corrected chi connectivity index (χ4v) is 7.12. The van der Waals surface area contributed by atoms with Gasteiger partial charge in [-0.2, -0.15) is 0 Å². The van der Waals surface area contributed by atoms with Gasteiger partial charge in [-0.15, -0.1) is 0 Å². The second-order valence-electron chi connectivity index (χ2n) is 15.4. The Hall–Kier alpha value is -6.14. The molecule has 58 heavy (non-hydrogen) atoms. The van der Waals surface area contributed by atoms with Gasteiger partial charge in [0.15, 0.2) is 0 Å². The first kappa shape index (κ1) is 41.5. The van der Waals surface area contributed by atoms with Gasteiger partial charge in [-0.1, -0.05) is 62.4 Å². The third kappa shape index (κ3) is 9.86. The number of nitrogens with zero attached hydrogens (tertiary/aromatic N) is 2.